The van der Waals surface area contributed by atoms with E-state index in [2.05, 4.69) is 10.2 Å². The predicted molar refractivity (Wildman–Crippen MR) is 85.4 cm³/mol. The zero-order valence-corrected chi connectivity index (χ0v) is 12.2. The fourth-order valence-corrected chi connectivity index (χ4v) is 2.47. The average molecular weight is 300 g/mol. The number of benzene rings is 2. The summed E-state index contributed by atoms with van der Waals surface area (Å²) in [4.78, 5) is 0. The summed E-state index contributed by atoms with van der Waals surface area (Å²) in [7, 11) is 1.63. The van der Waals surface area contributed by atoms with E-state index in [1.165, 1.54) is 0 Å². The van der Waals surface area contributed by atoms with Crippen LogP contribution in [0.5, 0.6) is 5.75 Å². The standard InChI is InChI=1S/C16H14ClN3O/c1-21-13-7-3-4-10(9-13)14-15(19-20-16(14)18)11-5-2-6-12(17)8-11/h2-9H,1H3,(H3,18,19,20). The molecule has 1 heterocycles. The SMILES string of the molecule is COc1cccc(-c2c(N)n[nH]c2-c2cccc(Cl)c2)c1. The van der Waals surface area contributed by atoms with Crippen molar-refractivity contribution >= 4 is 17.4 Å². The van der Waals surface area contributed by atoms with E-state index in [1.807, 2.05) is 48.5 Å². The zero-order valence-electron chi connectivity index (χ0n) is 11.4. The fraction of sp³-hybridized carbons (Fsp3) is 0.0625. The minimum Gasteiger partial charge on any atom is -0.497 e. The number of aromatic amines is 1. The Bertz CT molecular complexity index is 783. The van der Waals surface area contributed by atoms with E-state index >= 15 is 0 Å². The van der Waals surface area contributed by atoms with Crippen molar-refractivity contribution in [2.24, 2.45) is 0 Å². The second kappa shape index (κ2) is 5.50. The average Bonchev–Trinajstić information content (AvgIpc) is 2.89. The van der Waals surface area contributed by atoms with Gasteiger partial charge in [-0.05, 0) is 29.8 Å². The number of nitrogens with one attached hydrogen (secondary N) is 1. The van der Waals surface area contributed by atoms with Gasteiger partial charge in [0.15, 0.2) is 5.82 Å². The molecule has 0 fully saturated rings. The van der Waals surface area contributed by atoms with Crippen LogP contribution in [-0.2, 0) is 0 Å². The number of H-pyrrole nitrogens is 1. The van der Waals surface area contributed by atoms with Crippen LogP contribution < -0.4 is 10.5 Å². The maximum atomic E-state index is 6.06. The first kappa shape index (κ1) is 13.5. The van der Waals surface area contributed by atoms with Gasteiger partial charge in [-0.2, -0.15) is 5.10 Å². The minimum atomic E-state index is 0.443. The maximum absolute atomic E-state index is 6.06. The van der Waals surface area contributed by atoms with Gasteiger partial charge in [0.2, 0.25) is 0 Å². The largest absolute Gasteiger partial charge is 0.497 e. The van der Waals surface area contributed by atoms with Crippen LogP contribution in [0.1, 0.15) is 0 Å². The number of hydrogen-bond acceptors (Lipinski definition) is 3. The Hall–Kier alpha value is -2.46. The predicted octanol–water partition coefficient (Wildman–Crippen LogP) is 3.99. The molecule has 1 aromatic heterocycles. The van der Waals surface area contributed by atoms with Crippen molar-refractivity contribution in [2.75, 3.05) is 12.8 Å². The molecule has 5 heteroatoms. The van der Waals surface area contributed by atoms with Gasteiger partial charge >= 0.3 is 0 Å². The highest BCUT2D eigenvalue weighted by molar-refractivity contribution is 6.30. The smallest absolute Gasteiger partial charge is 0.153 e. The van der Waals surface area contributed by atoms with E-state index in [0.717, 1.165) is 28.1 Å². The van der Waals surface area contributed by atoms with Gasteiger partial charge < -0.3 is 10.5 Å². The molecule has 3 aromatic rings. The molecule has 106 valence electrons. The Morgan fingerprint density at radius 2 is 1.86 bits per heavy atom. The number of rotatable bonds is 3. The van der Waals surface area contributed by atoms with Gasteiger partial charge in [-0.3, -0.25) is 5.10 Å². The summed E-state index contributed by atoms with van der Waals surface area (Å²) in [6.45, 7) is 0. The Kier molecular flexibility index (Phi) is 3.54. The molecule has 4 nitrogen and oxygen atoms in total. The lowest BCUT2D eigenvalue weighted by atomic mass is 10.0. The van der Waals surface area contributed by atoms with Crippen LogP contribution in [0.2, 0.25) is 5.02 Å². The topological polar surface area (TPSA) is 63.9 Å². The third-order valence-corrected chi connectivity index (χ3v) is 3.50. The molecule has 21 heavy (non-hydrogen) atoms. The van der Waals surface area contributed by atoms with Gasteiger partial charge in [-0.1, -0.05) is 35.9 Å². The quantitative estimate of drug-likeness (QED) is 0.768. The molecule has 0 spiro atoms. The molecule has 0 atom stereocenters. The number of nitrogens with two attached hydrogens (primary N) is 1. The first-order valence-electron chi connectivity index (χ1n) is 6.43. The highest BCUT2D eigenvalue weighted by Crippen LogP contribution is 2.36. The fourth-order valence-electron chi connectivity index (χ4n) is 2.28. The number of halogens is 1. The third-order valence-electron chi connectivity index (χ3n) is 3.27. The van der Waals surface area contributed by atoms with E-state index in [9.17, 15) is 0 Å². The summed E-state index contributed by atoms with van der Waals surface area (Å²) in [6.07, 6.45) is 0. The number of aromatic nitrogens is 2. The molecule has 3 rings (SSSR count). The third kappa shape index (κ3) is 2.58. The van der Waals surface area contributed by atoms with Crippen LogP contribution in [-0.4, -0.2) is 17.3 Å². The Morgan fingerprint density at radius 3 is 2.62 bits per heavy atom. The molecular weight excluding hydrogens is 286 g/mol. The minimum absolute atomic E-state index is 0.443. The number of ether oxygens (including phenoxy) is 1. The van der Waals surface area contributed by atoms with Crippen molar-refractivity contribution in [1.29, 1.82) is 0 Å². The molecule has 0 unspecified atom stereocenters. The van der Waals surface area contributed by atoms with Crippen LogP contribution in [0.15, 0.2) is 48.5 Å². The number of nitrogen functional groups attached to an aromatic ring is 1. The summed E-state index contributed by atoms with van der Waals surface area (Å²) in [5.41, 5.74) is 9.58. The van der Waals surface area contributed by atoms with Crippen molar-refractivity contribution in [1.82, 2.24) is 10.2 Å². The molecule has 0 saturated heterocycles. The normalized spacial score (nSPS) is 10.6. The van der Waals surface area contributed by atoms with Crippen LogP contribution in [0.3, 0.4) is 0 Å². The highest BCUT2D eigenvalue weighted by Gasteiger charge is 2.15. The molecule has 0 radical (unpaired) electrons. The van der Waals surface area contributed by atoms with E-state index in [4.69, 9.17) is 22.1 Å². The van der Waals surface area contributed by atoms with E-state index in [-0.39, 0.29) is 0 Å². The first-order chi connectivity index (χ1) is 10.2. The molecule has 2 aromatic carbocycles. The Balaban J connectivity index is 2.17. The van der Waals surface area contributed by atoms with E-state index in [1.54, 1.807) is 7.11 Å². The van der Waals surface area contributed by atoms with E-state index in [0.29, 0.717) is 10.8 Å². The van der Waals surface area contributed by atoms with Crippen LogP contribution >= 0.6 is 11.6 Å². The first-order valence-corrected chi connectivity index (χ1v) is 6.81. The lowest BCUT2D eigenvalue weighted by molar-refractivity contribution is 0.415. The monoisotopic (exact) mass is 299 g/mol. The highest BCUT2D eigenvalue weighted by atomic mass is 35.5. The number of anilines is 1. The summed E-state index contributed by atoms with van der Waals surface area (Å²) in [5.74, 6) is 1.21. The second-order valence-corrected chi connectivity index (χ2v) is 5.04. The molecule has 0 aliphatic carbocycles. The van der Waals surface area contributed by atoms with Gasteiger partial charge in [0.05, 0.1) is 18.4 Å². The summed E-state index contributed by atoms with van der Waals surface area (Å²) < 4.78 is 5.26. The van der Waals surface area contributed by atoms with Gasteiger partial charge in [0.25, 0.3) is 0 Å². The lowest BCUT2D eigenvalue weighted by Crippen LogP contribution is -1.90. The van der Waals surface area contributed by atoms with Gasteiger partial charge in [-0.15, -0.1) is 0 Å². The Morgan fingerprint density at radius 1 is 1.10 bits per heavy atom. The maximum Gasteiger partial charge on any atom is 0.153 e. The van der Waals surface area contributed by atoms with Gasteiger partial charge in [0, 0.05) is 10.6 Å². The molecule has 0 aliphatic heterocycles. The Labute approximate surface area is 127 Å². The number of methoxy groups -OCH3 is 1. The molecule has 0 amide bonds. The summed E-state index contributed by atoms with van der Waals surface area (Å²) in [6, 6.07) is 15.3. The molecule has 0 saturated carbocycles. The molecule has 0 bridgehead atoms. The number of hydrogen-bond donors (Lipinski definition) is 2. The van der Waals surface area contributed by atoms with E-state index < -0.39 is 0 Å². The van der Waals surface area contributed by atoms with Crippen molar-refractivity contribution < 1.29 is 4.74 Å². The van der Waals surface area contributed by atoms with Crippen LogP contribution in [0.4, 0.5) is 5.82 Å². The molecular formula is C16H14ClN3O. The molecule has 3 N–H and O–H groups in total. The van der Waals surface area contributed by atoms with Crippen molar-refractivity contribution in [2.45, 2.75) is 0 Å². The summed E-state index contributed by atoms with van der Waals surface area (Å²) in [5, 5.41) is 7.77. The zero-order chi connectivity index (χ0) is 14.8. The summed E-state index contributed by atoms with van der Waals surface area (Å²) >= 11 is 6.06. The van der Waals surface area contributed by atoms with Crippen molar-refractivity contribution in [3.63, 3.8) is 0 Å². The van der Waals surface area contributed by atoms with Crippen LogP contribution in [0.25, 0.3) is 22.4 Å². The van der Waals surface area contributed by atoms with Gasteiger partial charge in [-0.25, -0.2) is 0 Å². The van der Waals surface area contributed by atoms with Gasteiger partial charge in [0.1, 0.15) is 5.75 Å². The second-order valence-electron chi connectivity index (χ2n) is 4.60. The van der Waals surface area contributed by atoms with Crippen LogP contribution in [0, 0.1) is 0 Å². The van der Waals surface area contributed by atoms with Crippen molar-refractivity contribution in [3.8, 4) is 28.1 Å². The number of nitrogens with zero attached hydrogens (tertiary/aromatic N) is 1. The van der Waals surface area contributed by atoms with Crippen molar-refractivity contribution in [3.05, 3.63) is 53.6 Å². The lowest BCUT2D eigenvalue weighted by Gasteiger charge is -2.07. The molecule has 0 aliphatic rings.